The number of esters is 1. The molecule has 0 fully saturated rings. The van der Waals surface area contributed by atoms with E-state index in [4.69, 9.17) is 30.1 Å². The third-order valence-corrected chi connectivity index (χ3v) is 13.2. The fourth-order valence-corrected chi connectivity index (χ4v) is 9.40. The Balaban J connectivity index is 0.925. The molecule has 0 aliphatic carbocycles. The molecule has 5 aromatic rings. The van der Waals surface area contributed by atoms with Crippen LogP contribution in [0.3, 0.4) is 0 Å². The highest BCUT2D eigenvalue weighted by molar-refractivity contribution is 6.03. The number of methoxy groups -OCH3 is 2. The normalized spacial score (nSPS) is 15.3. The summed E-state index contributed by atoms with van der Waals surface area (Å²) in [7, 11) is 3.35. The Morgan fingerprint density at radius 3 is 2.39 bits per heavy atom. The SMILES string of the molecule is C#Cc1cccc(Nc2ncnc3cc(OCCOC)c(OCCOC(=O)CCCCCN4C(=CC=CC=CC=CC5=[N+](CCCC)c6ccc(OC)cc6C5(C)C)C(C)(C)c5cc(C)ccc54)cc23)c1. The Labute approximate surface area is 421 Å². The maximum atomic E-state index is 12.9. The first-order valence-electron chi connectivity index (χ1n) is 24.9. The van der Waals surface area contributed by atoms with Crippen molar-refractivity contribution >= 4 is 45.5 Å². The van der Waals surface area contributed by atoms with E-state index in [1.54, 1.807) is 14.2 Å². The van der Waals surface area contributed by atoms with Gasteiger partial charge in [0.15, 0.2) is 17.2 Å². The lowest BCUT2D eigenvalue weighted by Gasteiger charge is -2.27. The second kappa shape index (κ2) is 24.1. The summed E-state index contributed by atoms with van der Waals surface area (Å²) in [5, 5.41) is 4.07. The van der Waals surface area contributed by atoms with Gasteiger partial charge in [0.2, 0.25) is 5.69 Å². The number of ether oxygens (including phenoxy) is 5. The molecular formula is C60H70N5O6+. The Kier molecular flexibility index (Phi) is 17.5. The summed E-state index contributed by atoms with van der Waals surface area (Å²) in [5.74, 6) is 4.85. The summed E-state index contributed by atoms with van der Waals surface area (Å²) in [6.07, 6.45) is 27.4. The highest BCUT2D eigenvalue weighted by atomic mass is 16.6. The number of nitrogens with one attached hydrogen (secondary N) is 1. The molecule has 11 nitrogen and oxygen atoms in total. The minimum Gasteiger partial charge on any atom is -0.497 e. The van der Waals surface area contributed by atoms with Crippen LogP contribution in [0.4, 0.5) is 22.9 Å². The van der Waals surface area contributed by atoms with E-state index in [0.717, 1.165) is 67.6 Å². The number of aryl methyl sites for hydroxylation is 1. The van der Waals surface area contributed by atoms with Crippen molar-refractivity contribution in [1.29, 1.82) is 0 Å². The molecule has 4 aromatic carbocycles. The van der Waals surface area contributed by atoms with Crippen LogP contribution in [0, 0.1) is 19.3 Å². The highest BCUT2D eigenvalue weighted by Crippen LogP contribution is 2.48. The lowest BCUT2D eigenvalue weighted by atomic mass is 9.81. The number of terminal acetylenes is 1. The van der Waals surface area contributed by atoms with Gasteiger partial charge in [-0.25, -0.2) is 9.97 Å². The van der Waals surface area contributed by atoms with Gasteiger partial charge in [0.05, 0.1) is 24.6 Å². The molecule has 0 unspecified atom stereocenters. The molecule has 0 amide bonds. The van der Waals surface area contributed by atoms with Gasteiger partial charge in [-0.3, -0.25) is 4.79 Å². The molecule has 0 atom stereocenters. The number of carbonyl (C=O) groups excluding carboxylic acids is 1. The number of hydrogen-bond acceptors (Lipinski definition) is 10. The Hall–Kier alpha value is -7.16. The molecule has 0 saturated carbocycles. The number of rotatable bonds is 24. The van der Waals surface area contributed by atoms with Crippen molar-refractivity contribution in [3.63, 3.8) is 0 Å². The van der Waals surface area contributed by atoms with Crippen LogP contribution in [0.5, 0.6) is 17.2 Å². The fourth-order valence-electron chi connectivity index (χ4n) is 9.40. The summed E-state index contributed by atoms with van der Waals surface area (Å²) in [5.41, 5.74) is 10.8. The van der Waals surface area contributed by atoms with E-state index in [9.17, 15) is 4.79 Å². The van der Waals surface area contributed by atoms with Crippen LogP contribution in [-0.4, -0.2) is 80.0 Å². The van der Waals surface area contributed by atoms with Crippen molar-refractivity contribution in [3.05, 3.63) is 150 Å². The third kappa shape index (κ3) is 12.4. The molecule has 0 saturated heterocycles. The standard InChI is InChI=1S/C60H70N5O6/c1-10-12-31-64-52-30-28-46(68-9)39-49(52)60(6,7)56(64)25-18-15-13-14-17-24-55-59(4,5)48-37-43(3)27-29-51(48)65(55)32-20-16-19-26-57(66)71-36-35-70-53-40-47-50(41-54(53)69-34-33-67-8)61-42-62-58(47)63-45-23-21-22-44(11-2)38-45/h2,13-15,17-18,21-25,27-30,37-42H,10,12,16,19-20,26,31-36H2,1,3-9H3,(H,61,62,63)/q+1. The molecule has 71 heavy (non-hydrogen) atoms. The van der Waals surface area contributed by atoms with Crippen LogP contribution >= 0.6 is 0 Å². The van der Waals surface area contributed by atoms with Crippen LogP contribution in [0.2, 0.25) is 0 Å². The Morgan fingerprint density at radius 1 is 0.817 bits per heavy atom. The summed E-state index contributed by atoms with van der Waals surface area (Å²) in [6, 6.07) is 24.4. The first-order chi connectivity index (χ1) is 34.4. The van der Waals surface area contributed by atoms with Crippen molar-refractivity contribution in [2.24, 2.45) is 0 Å². The van der Waals surface area contributed by atoms with E-state index in [1.165, 1.54) is 45.8 Å². The van der Waals surface area contributed by atoms with Crippen LogP contribution in [0.1, 0.15) is 95.4 Å². The smallest absolute Gasteiger partial charge is 0.305 e. The van der Waals surface area contributed by atoms with Gasteiger partial charge in [-0.15, -0.1) is 6.42 Å². The average Bonchev–Trinajstić information content (AvgIpc) is 3.70. The number of benzene rings is 4. The van der Waals surface area contributed by atoms with Gasteiger partial charge in [0.1, 0.15) is 44.3 Å². The zero-order valence-electron chi connectivity index (χ0n) is 42.8. The quantitative estimate of drug-likeness (QED) is 0.0211. The minimum absolute atomic E-state index is 0.0932. The summed E-state index contributed by atoms with van der Waals surface area (Å²) >= 11 is 0. The zero-order chi connectivity index (χ0) is 50.4. The molecule has 7 rings (SSSR count). The number of carbonyl (C=O) groups is 1. The van der Waals surface area contributed by atoms with Crippen LogP contribution in [-0.2, 0) is 25.1 Å². The minimum atomic E-state index is -0.250. The summed E-state index contributed by atoms with van der Waals surface area (Å²) in [6.45, 7) is 16.4. The molecule has 0 spiro atoms. The van der Waals surface area contributed by atoms with Crippen LogP contribution in [0.15, 0.2) is 127 Å². The van der Waals surface area contributed by atoms with Gasteiger partial charge < -0.3 is 33.9 Å². The van der Waals surface area contributed by atoms with E-state index < -0.39 is 0 Å². The van der Waals surface area contributed by atoms with E-state index in [1.807, 2.05) is 36.4 Å². The van der Waals surface area contributed by atoms with Crippen molar-refractivity contribution in [3.8, 4) is 29.6 Å². The van der Waals surface area contributed by atoms with Crippen molar-refractivity contribution in [1.82, 2.24) is 9.97 Å². The van der Waals surface area contributed by atoms with Gasteiger partial charge in [-0.2, -0.15) is 4.58 Å². The van der Waals surface area contributed by atoms with Gasteiger partial charge in [0, 0.05) is 83.7 Å². The topological polar surface area (TPSA) is 107 Å². The summed E-state index contributed by atoms with van der Waals surface area (Å²) < 4.78 is 31.1. The monoisotopic (exact) mass is 957 g/mol. The second-order valence-electron chi connectivity index (χ2n) is 19.0. The number of unbranched alkanes of at least 4 members (excludes halogenated alkanes) is 3. The van der Waals surface area contributed by atoms with Gasteiger partial charge >= 0.3 is 5.97 Å². The number of anilines is 3. The van der Waals surface area contributed by atoms with Gasteiger partial charge in [-0.1, -0.05) is 93.7 Å². The molecule has 2 aliphatic heterocycles. The number of allylic oxidation sites excluding steroid dienone is 8. The predicted molar refractivity (Wildman–Crippen MR) is 287 cm³/mol. The molecule has 1 aromatic heterocycles. The molecule has 3 heterocycles. The lowest BCUT2D eigenvalue weighted by Crippen LogP contribution is -2.27. The van der Waals surface area contributed by atoms with Crippen LogP contribution in [0.25, 0.3) is 10.9 Å². The number of nitrogens with zero attached hydrogens (tertiary/aromatic N) is 4. The predicted octanol–water partition coefficient (Wildman–Crippen LogP) is 12.4. The molecule has 0 bridgehead atoms. The third-order valence-electron chi connectivity index (χ3n) is 13.2. The molecular weight excluding hydrogens is 887 g/mol. The van der Waals surface area contributed by atoms with Crippen molar-refractivity contribution in [2.45, 2.75) is 90.9 Å². The average molecular weight is 957 g/mol. The molecule has 370 valence electrons. The van der Waals surface area contributed by atoms with E-state index in [-0.39, 0.29) is 30.0 Å². The highest BCUT2D eigenvalue weighted by Gasteiger charge is 2.44. The van der Waals surface area contributed by atoms with E-state index in [2.05, 4.69) is 151 Å². The molecule has 2 aliphatic rings. The molecule has 11 heteroatoms. The Morgan fingerprint density at radius 2 is 1.61 bits per heavy atom. The largest absolute Gasteiger partial charge is 0.497 e. The van der Waals surface area contributed by atoms with E-state index >= 15 is 0 Å². The Bertz CT molecular complexity index is 2880. The number of hydrogen-bond donors (Lipinski definition) is 1. The maximum Gasteiger partial charge on any atom is 0.305 e. The zero-order valence-corrected chi connectivity index (χ0v) is 42.8. The first-order valence-corrected chi connectivity index (χ1v) is 24.9. The summed E-state index contributed by atoms with van der Waals surface area (Å²) in [4.78, 5) is 24.3. The first kappa shape index (κ1) is 51.7. The van der Waals surface area contributed by atoms with Crippen molar-refractivity contribution in [2.75, 3.05) is 64.0 Å². The maximum absolute atomic E-state index is 12.9. The molecule has 1 N–H and O–H groups in total. The van der Waals surface area contributed by atoms with E-state index in [0.29, 0.717) is 42.5 Å². The second-order valence-corrected chi connectivity index (χ2v) is 19.0. The number of fused-ring (bicyclic) bond motifs is 3. The van der Waals surface area contributed by atoms with Crippen molar-refractivity contribution < 1.29 is 33.1 Å². The van der Waals surface area contributed by atoms with Crippen LogP contribution < -0.4 is 24.4 Å². The lowest BCUT2D eigenvalue weighted by molar-refractivity contribution is -0.438. The fraction of sp³-hybridized carbons (Fsp3) is 0.367. The number of aromatic nitrogens is 2. The van der Waals surface area contributed by atoms with Gasteiger partial charge in [0.25, 0.3) is 0 Å². The van der Waals surface area contributed by atoms with Gasteiger partial charge in [-0.05, 0) is 87.7 Å². The molecule has 0 radical (unpaired) electrons.